The summed E-state index contributed by atoms with van der Waals surface area (Å²) < 4.78 is 11.7. The molecular weight excluding hydrogens is 571 g/mol. The Bertz CT molecular complexity index is 1620. The van der Waals surface area contributed by atoms with Gasteiger partial charge in [0, 0.05) is 6.07 Å². The van der Waals surface area contributed by atoms with Crippen LogP contribution in [0.4, 0.5) is 5.69 Å². The second-order valence-corrected chi connectivity index (χ2v) is 9.52. The predicted octanol–water partition coefficient (Wildman–Crippen LogP) is 6.55. The summed E-state index contributed by atoms with van der Waals surface area (Å²) >= 11 is 12.5. The molecule has 0 spiro atoms. The van der Waals surface area contributed by atoms with Crippen LogP contribution in [-0.4, -0.2) is 21.7 Å². The van der Waals surface area contributed by atoms with Gasteiger partial charge in [-0.15, -0.1) is 0 Å². The maximum Gasteiger partial charge on any atom is 0.366 e. The van der Waals surface area contributed by atoms with Crippen molar-refractivity contribution in [3.05, 3.63) is 127 Å². The first-order valence-electron chi connectivity index (χ1n) is 12.2. The minimum atomic E-state index is -1.03. The van der Waals surface area contributed by atoms with Crippen LogP contribution >= 0.6 is 23.2 Å². The van der Waals surface area contributed by atoms with Gasteiger partial charge in [-0.3, -0.25) is 10.1 Å². The largest absolute Gasteiger partial charge is 0.485 e. The lowest BCUT2D eigenvalue weighted by Gasteiger charge is -2.14. The van der Waals surface area contributed by atoms with Gasteiger partial charge < -0.3 is 20.0 Å². The van der Waals surface area contributed by atoms with Gasteiger partial charge in [-0.1, -0.05) is 89.0 Å². The van der Waals surface area contributed by atoms with Crippen LogP contribution in [0.15, 0.2) is 78.0 Å². The molecule has 2 N–H and O–H groups in total. The Morgan fingerprint density at radius 1 is 0.976 bits per heavy atom. The molecule has 0 saturated heterocycles. The van der Waals surface area contributed by atoms with Crippen LogP contribution in [0.3, 0.4) is 0 Å². The third kappa shape index (κ3) is 7.10. The Balaban J connectivity index is 1.67. The third-order valence-electron chi connectivity index (χ3n) is 5.91. The lowest BCUT2D eigenvalue weighted by Crippen LogP contribution is -2.18. The molecule has 0 fully saturated rings. The number of carbonyl (C=O) groups excluding carboxylic acids is 1. The van der Waals surface area contributed by atoms with E-state index in [-0.39, 0.29) is 46.8 Å². The third-order valence-corrected chi connectivity index (χ3v) is 6.74. The van der Waals surface area contributed by atoms with Crippen molar-refractivity contribution in [1.82, 2.24) is 4.98 Å². The molecule has 41 heavy (non-hydrogen) atoms. The molecule has 210 valence electrons. The molecule has 4 rings (SSSR count). The molecule has 1 heterocycles. The number of aromatic nitrogens is 1. The molecule has 0 unspecified atom stereocenters. The summed E-state index contributed by atoms with van der Waals surface area (Å²) in [6.45, 7) is 3.43. The second kappa shape index (κ2) is 13.1. The maximum atomic E-state index is 13.0. The molecule has 0 aliphatic heterocycles. The molecule has 1 aromatic heterocycles. The molecule has 0 saturated carbocycles. The predicted molar refractivity (Wildman–Crippen MR) is 155 cm³/mol. The van der Waals surface area contributed by atoms with Crippen LogP contribution in [0.5, 0.6) is 11.5 Å². The molecule has 10 nitrogen and oxygen atoms in total. The highest BCUT2D eigenvalue weighted by atomic mass is 35.5. The average Bonchev–Trinajstić information content (AvgIpc) is 2.97. The fraction of sp³-hybridized carbons (Fsp3) is 0.138. The van der Waals surface area contributed by atoms with Gasteiger partial charge >= 0.3 is 11.7 Å². The van der Waals surface area contributed by atoms with Crippen molar-refractivity contribution >= 4 is 40.7 Å². The molecule has 0 bridgehead atoms. The van der Waals surface area contributed by atoms with Crippen LogP contribution in [0, 0.1) is 24.0 Å². The van der Waals surface area contributed by atoms with Crippen LogP contribution in [-0.2, 0) is 18.1 Å². The standard InChI is InChI=1S/C29H24Cl2N4O6/c1-17-24(27(31)33-18(2)25(17)30)28(32)34-41-29(36)21-13-22(35(37)38)26(40-16-20-11-7-4-8-12-20)23(14-21)39-15-19-9-5-3-6-10-19/h3-14H,15-16H2,1-2H3,(H2,32,34). The number of carbonyl (C=O) groups is 1. The molecule has 0 aliphatic carbocycles. The Kier molecular flexibility index (Phi) is 9.38. The van der Waals surface area contributed by atoms with Gasteiger partial charge in [0.2, 0.25) is 5.75 Å². The molecular formula is C29H24Cl2N4O6. The summed E-state index contributed by atoms with van der Waals surface area (Å²) in [5.74, 6) is -1.46. The van der Waals surface area contributed by atoms with Crippen molar-refractivity contribution in [3.63, 3.8) is 0 Å². The zero-order valence-electron chi connectivity index (χ0n) is 22.0. The van der Waals surface area contributed by atoms with Crippen molar-refractivity contribution in [1.29, 1.82) is 0 Å². The molecule has 0 radical (unpaired) electrons. The normalized spacial score (nSPS) is 11.2. The minimum absolute atomic E-state index is 0.0221. The Labute approximate surface area is 245 Å². The maximum absolute atomic E-state index is 13.0. The van der Waals surface area contributed by atoms with Gasteiger partial charge in [0.1, 0.15) is 18.4 Å². The first kappa shape index (κ1) is 29.3. The SMILES string of the molecule is Cc1nc(Cl)c(/C(N)=N/OC(=O)c2cc(OCc3ccccc3)c(OCc3ccccc3)c([N+](=O)[O-])c2)c(C)c1Cl. The highest BCUT2D eigenvalue weighted by Crippen LogP contribution is 2.40. The summed E-state index contributed by atoms with van der Waals surface area (Å²) in [5, 5.41) is 16.1. The summed E-state index contributed by atoms with van der Waals surface area (Å²) in [6.07, 6.45) is 0. The number of rotatable bonds is 10. The quantitative estimate of drug-likeness (QED) is 0.0544. The van der Waals surface area contributed by atoms with E-state index in [1.54, 1.807) is 13.8 Å². The number of ether oxygens (including phenoxy) is 2. The number of hydrogen-bond acceptors (Lipinski definition) is 8. The van der Waals surface area contributed by atoms with Gasteiger partial charge in [-0.05, 0) is 36.6 Å². The lowest BCUT2D eigenvalue weighted by atomic mass is 10.1. The number of nitrogens with two attached hydrogens (primary N) is 1. The van der Waals surface area contributed by atoms with E-state index in [0.29, 0.717) is 16.3 Å². The summed E-state index contributed by atoms with van der Waals surface area (Å²) in [4.78, 5) is 33.5. The monoisotopic (exact) mass is 594 g/mol. The smallest absolute Gasteiger partial charge is 0.366 e. The molecule has 0 amide bonds. The van der Waals surface area contributed by atoms with E-state index >= 15 is 0 Å². The van der Waals surface area contributed by atoms with Gasteiger partial charge in [0.05, 0.1) is 26.8 Å². The minimum Gasteiger partial charge on any atom is -0.485 e. The van der Waals surface area contributed by atoms with E-state index in [2.05, 4.69) is 10.1 Å². The first-order chi connectivity index (χ1) is 19.7. The fourth-order valence-corrected chi connectivity index (χ4v) is 4.34. The molecule has 3 aromatic carbocycles. The number of hydrogen-bond donors (Lipinski definition) is 1. The van der Waals surface area contributed by atoms with Crippen LogP contribution in [0.25, 0.3) is 0 Å². The van der Waals surface area contributed by atoms with E-state index in [0.717, 1.165) is 17.2 Å². The Morgan fingerprint density at radius 2 is 1.56 bits per heavy atom. The zero-order chi connectivity index (χ0) is 29.5. The van der Waals surface area contributed by atoms with E-state index < -0.39 is 16.6 Å². The van der Waals surface area contributed by atoms with Gasteiger partial charge in [-0.25, -0.2) is 9.78 Å². The summed E-state index contributed by atoms with van der Waals surface area (Å²) in [6, 6.07) is 20.6. The summed E-state index contributed by atoms with van der Waals surface area (Å²) in [5.41, 5.74) is 8.06. The number of oxime groups is 1. The van der Waals surface area contributed by atoms with Crippen LogP contribution in [0.1, 0.15) is 38.3 Å². The number of halogens is 2. The topological polar surface area (TPSA) is 139 Å². The molecule has 0 aliphatic rings. The van der Waals surface area contributed by atoms with Crippen LogP contribution in [0.2, 0.25) is 10.2 Å². The Hall–Kier alpha value is -4.67. The van der Waals surface area contributed by atoms with E-state index in [9.17, 15) is 14.9 Å². The molecule has 0 atom stereocenters. The van der Waals surface area contributed by atoms with Crippen molar-refractivity contribution in [2.24, 2.45) is 10.9 Å². The lowest BCUT2D eigenvalue weighted by molar-refractivity contribution is -0.386. The number of benzene rings is 3. The number of pyridine rings is 1. The van der Waals surface area contributed by atoms with Crippen molar-refractivity contribution < 1.29 is 24.0 Å². The fourth-order valence-electron chi connectivity index (χ4n) is 3.83. The molecule has 12 heteroatoms. The highest BCUT2D eigenvalue weighted by Gasteiger charge is 2.26. The number of aryl methyl sites for hydroxylation is 1. The van der Waals surface area contributed by atoms with E-state index in [4.69, 9.17) is 43.2 Å². The number of nitrogens with zero attached hydrogens (tertiary/aromatic N) is 3. The zero-order valence-corrected chi connectivity index (χ0v) is 23.5. The average molecular weight is 595 g/mol. The number of nitro groups is 1. The number of nitro benzene ring substituents is 1. The first-order valence-corrected chi connectivity index (χ1v) is 12.9. The van der Waals surface area contributed by atoms with E-state index in [1.165, 1.54) is 6.07 Å². The number of amidine groups is 1. The van der Waals surface area contributed by atoms with Crippen molar-refractivity contribution in [3.8, 4) is 11.5 Å². The highest BCUT2D eigenvalue weighted by molar-refractivity contribution is 6.36. The Morgan fingerprint density at radius 3 is 2.15 bits per heavy atom. The van der Waals surface area contributed by atoms with Crippen molar-refractivity contribution in [2.45, 2.75) is 27.1 Å². The summed E-state index contributed by atoms with van der Waals surface area (Å²) in [7, 11) is 0. The second-order valence-electron chi connectivity index (χ2n) is 8.79. The molecule has 4 aromatic rings. The van der Waals surface area contributed by atoms with Gasteiger partial charge in [0.15, 0.2) is 11.6 Å². The van der Waals surface area contributed by atoms with E-state index in [1.807, 2.05) is 60.7 Å². The van der Waals surface area contributed by atoms with Crippen LogP contribution < -0.4 is 15.2 Å². The van der Waals surface area contributed by atoms with Crippen molar-refractivity contribution in [2.75, 3.05) is 0 Å². The van der Waals surface area contributed by atoms with Gasteiger partial charge in [-0.2, -0.15) is 0 Å². The van der Waals surface area contributed by atoms with Gasteiger partial charge in [0.25, 0.3) is 0 Å².